The van der Waals surface area contributed by atoms with Gasteiger partial charge in [-0.25, -0.2) is 4.79 Å². The predicted molar refractivity (Wildman–Crippen MR) is 66.9 cm³/mol. The van der Waals surface area contributed by atoms with Crippen molar-refractivity contribution in [3.8, 4) is 0 Å². The highest BCUT2D eigenvalue weighted by Gasteiger charge is 2.78. The van der Waals surface area contributed by atoms with Crippen molar-refractivity contribution in [1.29, 1.82) is 0 Å². The van der Waals surface area contributed by atoms with E-state index in [0.29, 0.717) is 12.0 Å². The molecule has 18 heavy (non-hydrogen) atoms. The largest absolute Gasteiger partial charge is 0.444 e. The lowest BCUT2D eigenvalue weighted by Gasteiger charge is -2.37. The molecule has 0 radical (unpaired) electrons. The van der Waals surface area contributed by atoms with Gasteiger partial charge in [0.1, 0.15) is 5.60 Å². The number of rotatable bonds is 0. The predicted octanol–water partition coefficient (Wildman–Crippen LogP) is 1.73. The van der Waals surface area contributed by atoms with Crippen molar-refractivity contribution in [3.05, 3.63) is 0 Å². The molecule has 1 heterocycles. The molecule has 6 atom stereocenters. The summed E-state index contributed by atoms with van der Waals surface area (Å²) in [7, 11) is 0. The van der Waals surface area contributed by atoms with Crippen molar-refractivity contribution < 1.29 is 9.53 Å². The molecule has 0 aromatic carbocycles. The zero-order chi connectivity index (χ0) is 12.9. The molecular formula is C14H22N2O2. The monoisotopic (exact) mass is 250 g/mol. The molecule has 4 heteroatoms. The van der Waals surface area contributed by atoms with Crippen molar-refractivity contribution in [3.63, 3.8) is 0 Å². The molecule has 0 aromatic heterocycles. The van der Waals surface area contributed by atoms with E-state index >= 15 is 0 Å². The molecule has 1 amide bonds. The number of likely N-dealkylation sites (tertiary alicyclic amines) is 1. The first-order valence-electron chi connectivity index (χ1n) is 7.12. The number of fused-ring (bicyclic) bond motifs is 6. The van der Waals surface area contributed by atoms with Gasteiger partial charge in [-0.1, -0.05) is 0 Å². The Morgan fingerprint density at radius 1 is 1.33 bits per heavy atom. The Morgan fingerprint density at radius 2 is 2.00 bits per heavy atom. The summed E-state index contributed by atoms with van der Waals surface area (Å²) in [4.78, 5) is 14.5. The van der Waals surface area contributed by atoms with Gasteiger partial charge in [0.15, 0.2) is 0 Å². The van der Waals surface area contributed by atoms with Crippen molar-refractivity contribution in [1.82, 2.24) is 4.90 Å². The Labute approximate surface area is 108 Å². The van der Waals surface area contributed by atoms with E-state index < -0.39 is 5.60 Å². The Balaban J connectivity index is 1.62. The quantitative estimate of drug-likeness (QED) is 0.712. The third-order valence-corrected chi connectivity index (χ3v) is 5.44. The van der Waals surface area contributed by atoms with E-state index in [4.69, 9.17) is 10.5 Å². The highest BCUT2D eigenvalue weighted by Crippen LogP contribution is 2.72. The molecule has 1 aliphatic heterocycles. The minimum absolute atomic E-state index is 0.0231. The summed E-state index contributed by atoms with van der Waals surface area (Å²) >= 11 is 0. The third-order valence-electron chi connectivity index (χ3n) is 5.44. The Kier molecular flexibility index (Phi) is 1.77. The molecule has 4 fully saturated rings. The summed E-state index contributed by atoms with van der Waals surface area (Å²) in [5.74, 6) is 2.28. The SMILES string of the molecule is CC(C)(C)OC(=O)N1[C@H]2C[C@H]([C@@H]3C[C@@H]32)[C@@]12CC2N. The molecule has 4 rings (SSSR count). The molecule has 100 valence electrons. The first-order chi connectivity index (χ1) is 8.34. The van der Waals surface area contributed by atoms with Gasteiger partial charge in [0.05, 0.1) is 5.54 Å². The minimum Gasteiger partial charge on any atom is -0.444 e. The minimum atomic E-state index is -0.415. The second-order valence-electron chi connectivity index (χ2n) is 7.63. The fraction of sp³-hybridized carbons (Fsp3) is 0.929. The molecule has 4 aliphatic rings. The summed E-state index contributed by atoms with van der Waals surface area (Å²) < 4.78 is 5.60. The van der Waals surface area contributed by atoms with Gasteiger partial charge < -0.3 is 10.5 Å². The smallest absolute Gasteiger partial charge is 0.411 e. The molecule has 3 aliphatic carbocycles. The lowest BCUT2D eigenvalue weighted by molar-refractivity contribution is 0.00107. The van der Waals surface area contributed by atoms with Gasteiger partial charge in [0.2, 0.25) is 0 Å². The van der Waals surface area contributed by atoms with Crippen LogP contribution in [0.5, 0.6) is 0 Å². The van der Waals surface area contributed by atoms with Crippen LogP contribution < -0.4 is 5.73 Å². The Morgan fingerprint density at radius 3 is 2.56 bits per heavy atom. The maximum atomic E-state index is 12.5. The lowest BCUT2D eigenvalue weighted by Crippen LogP contribution is -2.52. The zero-order valence-electron chi connectivity index (χ0n) is 11.3. The van der Waals surface area contributed by atoms with Crippen LogP contribution in [0.15, 0.2) is 0 Å². The van der Waals surface area contributed by atoms with Crippen LogP contribution in [-0.4, -0.2) is 34.2 Å². The van der Waals surface area contributed by atoms with Crippen LogP contribution in [0, 0.1) is 17.8 Å². The fourth-order valence-electron chi connectivity index (χ4n) is 4.72. The molecular weight excluding hydrogens is 228 g/mol. The van der Waals surface area contributed by atoms with Crippen molar-refractivity contribution in [2.75, 3.05) is 0 Å². The number of ether oxygens (including phenoxy) is 1. The van der Waals surface area contributed by atoms with Crippen LogP contribution in [0.25, 0.3) is 0 Å². The first kappa shape index (κ1) is 11.1. The average molecular weight is 250 g/mol. The van der Waals surface area contributed by atoms with Gasteiger partial charge in [0, 0.05) is 12.1 Å². The lowest BCUT2D eigenvalue weighted by atomic mass is 9.93. The second kappa shape index (κ2) is 2.87. The normalized spacial score (nSPS) is 51.6. The van der Waals surface area contributed by atoms with Gasteiger partial charge in [-0.3, -0.25) is 4.90 Å². The number of amides is 1. The van der Waals surface area contributed by atoms with Gasteiger partial charge in [-0.05, 0) is 57.8 Å². The molecule has 2 N–H and O–H groups in total. The van der Waals surface area contributed by atoms with E-state index in [1.54, 1.807) is 0 Å². The maximum absolute atomic E-state index is 12.5. The van der Waals surface area contributed by atoms with Crippen LogP contribution >= 0.6 is 0 Å². The Hall–Kier alpha value is -0.770. The van der Waals surface area contributed by atoms with E-state index in [0.717, 1.165) is 18.3 Å². The van der Waals surface area contributed by atoms with Crippen molar-refractivity contribution >= 4 is 6.09 Å². The maximum Gasteiger partial charge on any atom is 0.411 e. The third kappa shape index (κ3) is 1.18. The molecule has 0 aromatic rings. The van der Waals surface area contributed by atoms with E-state index in [-0.39, 0.29) is 17.7 Å². The Bertz CT molecular complexity index is 430. The summed E-state index contributed by atoms with van der Waals surface area (Å²) in [6.07, 6.45) is 3.33. The van der Waals surface area contributed by atoms with Gasteiger partial charge in [-0.15, -0.1) is 0 Å². The number of hydrogen-bond donors (Lipinski definition) is 1. The standard InChI is InChI=1S/C14H22N2O2/c1-13(2,3)18-12(17)16-10-5-9(7-4-8(7)10)14(16)6-11(14)15/h7-11H,4-6,15H2,1-3H3/t7-,8+,9-,10+,11?,14-/m1/s1. The summed E-state index contributed by atoms with van der Waals surface area (Å²) in [5, 5.41) is 0. The van der Waals surface area contributed by atoms with Crippen LogP contribution in [-0.2, 0) is 4.74 Å². The molecule has 1 spiro atoms. The molecule has 3 saturated carbocycles. The highest BCUT2D eigenvalue weighted by molar-refractivity contribution is 5.72. The number of carbonyl (C=O) groups is 1. The summed E-state index contributed by atoms with van der Waals surface area (Å²) in [5.41, 5.74) is 5.73. The number of carbonyl (C=O) groups excluding carboxylic acids is 1. The first-order valence-corrected chi connectivity index (χ1v) is 7.12. The molecule has 4 nitrogen and oxygen atoms in total. The summed E-state index contributed by atoms with van der Waals surface area (Å²) in [6.45, 7) is 5.79. The summed E-state index contributed by atoms with van der Waals surface area (Å²) in [6, 6.07) is 0.602. The van der Waals surface area contributed by atoms with Crippen molar-refractivity contribution in [2.45, 2.75) is 63.3 Å². The molecule has 1 saturated heterocycles. The number of piperidine rings is 1. The van der Waals surface area contributed by atoms with Crippen LogP contribution in [0.4, 0.5) is 4.79 Å². The van der Waals surface area contributed by atoms with Gasteiger partial charge in [0.25, 0.3) is 0 Å². The van der Waals surface area contributed by atoms with E-state index in [9.17, 15) is 4.79 Å². The van der Waals surface area contributed by atoms with Gasteiger partial charge in [-0.2, -0.15) is 0 Å². The number of nitrogens with zero attached hydrogens (tertiary/aromatic N) is 1. The van der Waals surface area contributed by atoms with E-state index in [1.165, 1.54) is 12.8 Å². The highest BCUT2D eigenvalue weighted by atomic mass is 16.6. The van der Waals surface area contributed by atoms with E-state index in [2.05, 4.69) is 0 Å². The van der Waals surface area contributed by atoms with Crippen molar-refractivity contribution in [2.24, 2.45) is 23.5 Å². The fourth-order valence-corrected chi connectivity index (χ4v) is 4.72. The van der Waals surface area contributed by atoms with Crippen LogP contribution in [0.3, 0.4) is 0 Å². The zero-order valence-corrected chi connectivity index (χ0v) is 11.3. The van der Waals surface area contributed by atoms with Crippen LogP contribution in [0.1, 0.15) is 40.0 Å². The van der Waals surface area contributed by atoms with Gasteiger partial charge >= 0.3 is 6.09 Å². The van der Waals surface area contributed by atoms with E-state index in [1.807, 2.05) is 25.7 Å². The number of hydrogen-bond acceptors (Lipinski definition) is 3. The van der Waals surface area contributed by atoms with Crippen LogP contribution in [0.2, 0.25) is 0 Å². The average Bonchev–Trinajstić information content (AvgIpc) is 3.05. The molecule has 1 unspecified atom stereocenters. The topological polar surface area (TPSA) is 55.6 Å². The second-order valence-corrected chi connectivity index (χ2v) is 7.63. The molecule has 2 bridgehead atoms. The number of nitrogens with two attached hydrogens (primary N) is 1.